The van der Waals surface area contributed by atoms with E-state index in [4.69, 9.17) is 0 Å². The van der Waals surface area contributed by atoms with Crippen molar-refractivity contribution in [2.24, 2.45) is 4.99 Å². The second-order valence-corrected chi connectivity index (χ2v) is 5.98. The Morgan fingerprint density at radius 3 is 2.80 bits per heavy atom. The van der Waals surface area contributed by atoms with Gasteiger partial charge in [-0.15, -0.1) is 0 Å². The number of hydrogen-bond donors (Lipinski definition) is 2. The van der Waals surface area contributed by atoms with Gasteiger partial charge in [-0.05, 0) is 45.1 Å². The first kappa shape index (κ1) is 13.3. The summed E-state index contributed by atoms with van der Waals surface area (Å²) >= 11 is 0. The highest BCUT2D eigenvalue weighted by molar-refractivity contribution is 6.25. The Morgan fingerprint density at radius 2 is 2.25 bits per heavy atom. The van der Waals surface area contributed by atoms with Crippen molar-refractivity contribution in [3.05, 3.63) is 11.1 Å². The van der Waals surface area contributed by atoms with E-state index in [1.165, 1.54) is 0 Å². The van der Waals surface area contributed by atoms with Gasteiger partial charge in [-0.25, -0.2) is 0 Å². The molecule has 1 fully saturated rings. The summed E-state index contributed by atoms with van der Waals surface area (Å²) in [6, 6.07) is 0.284. The average molecular weight is 275 g/mol. The summed E-state index contributed by atoms with van der Waals surface area (Å²) in [5.74, 6) is -0.0379. The Hall–Kier alpha value is -1.65. The summed E-state index contributed by atoms with van der Waals surface area (Å²) in [5.41, 5.74) is 2.35. The normalized spacial score (nSPS) is 26.8. The van der Waals surface area contributed by atoms with Gasteiger partial charge in [0.25, 0.3) is 5.91 Å². The maximum Gasteiger partial charge on any atom is 0.253 e. The van der Waals surface area contributed by atoms with Crippen LogP contribution in [0.4, 0.5) is 0 Å². The minimum Gasteiger partial charge on any atom is -0.356 e. The highest BCUT2D eigenvalue weighted by atomic mass is 16.2. The maximum atomic E-state index is 12.3. The van der Waals surface area contributed by atoms with Crippen LogP contribution in [0.2, 0.25) is 0 Å². The molecule has 3 aliphatic rings. The first-order valence-corrected chi connectivity index (χ1v) is 7.45. The Kier molecular flexibility index (Phi) is 3.15. The standard InChI is InChI=1S/C15H21N3O2/c1-3-16-12(19)8-10-13(11-5-4-9(2)17-11)14(20)18-15(10)6-7-15/h9H,3-8H2,1-2H3,(H,16,19)(H,18,20)/t9-/m0/s1. The topological polar surface area (TPSA) is 70.6 Å². The van der Waals surface area contributed by atoms with E-state index >= 15 is 0 Å². The number of carbonyl (C=O) groups excluding carboxylic acids is 2. The molecule has 0 aromatic carbocycles. The molecular formula is C15H21N3O2. The number of nitrogens with zero attached hydrogens (tertiary/aromatic N) is 1. The van der Waals surface area contributed by atoms with E-state index in [1.54, 1.807) is 0 Å². The Balaban J connectivity index is 1.93. The number of hydrogen-bond acceptors (Lipinski definition) is 3. The van der Waals surface area contributed by atoms with Crippen molar-refractivity contribution in [2.45, 2.75) is 57.5 Å². The zero-order chi connectivity index (χ0) is 14.3. The van der Waals surface area contributed by atoms with Crippen LogP contribution in [-0.4, -0.2) is 35.7 Å². The SMILES string of the molecule is CCNC(=O)CC1=C(C2=N[C@@H](C)CC2)C(=O)NC12CC2. The van der Waals surface area contributed by atoms with Gasteiger partial charge >= 0.3 is 0 Å². The number of rotatable bonds is 4. The van der Waals surface area contributed by atoms with Gasteiger partial charge in [-0.3, -0.25) is 14.6 Å². The molecule has 1 aliphatic carbocycles. The Bertz CT molecular complexity index is 529. The third kappa shape index (κ3) is 2.15. The van der Waals surface area contributed by atoms with Crippen molar-refractivity contribution >= 4 is 17.5 Å². The summed E-state index contributed by atoms with van der Waals surface area (Å²) in [4.78, 5) is 28.8. The second kappa shape index (κ2) is 4.72. The van der Waals surface area contributed by atoms with Crippen molar-refractivity contribution < 1.29 is 9.59 Å². The fraction of sp³-hybridized carbons (Fsp3) is 0.667. The second-order valence-electron chi connectivity index (χ2n) is 5.98. The fourth-order valence-electron chi connectivity index (χ4n) is 3.20. The number of carbonyl (C=O) groups is 2. The van der Waals surface area contributed by atoms with Gasteiger partial charge in [-0.1, -0.05) is 0 Å². The molecule has 20 heavy (non-hydrogen) atoms. The summed E-state index contributed by atoms with van der Waals surface area (Å²) in [6.07, 6.45) is 4.04. The summed E-state index contributed by atoms with van der Waals surface area (Å²) < 4.78 is 0. The minimum absolute atomic E-state index is 0.00517. The lowest BCUT2D eigenvalue weighted by molar-refractivity contribution is -0.120. The van der Waals surface area contributed by atoms with Crippen LogP contribution in [0.25, 0.3) is 0 Å². The number of aliphatic imine (C=N–C) groups is 1. The molecular weight excluding hydrogens is 254 g/mol. The first-order valence-electron chi connectivity index (χ1n) is 7.45. The number of amides is 2. The van der Waals surface area contributed by atoms with Crippen molar-refractivity contribution in [1.29, 1.82) is 0 Å². The van der Waals surface area contributed by atoms with E-state index in [0.717, 1.165) is 37.0 Å². The quantitative estimate of drug-likeness (QED) is 0.806. The predicted molar refractivity (Wildman–Crippen MR) is 76.6 cm³/mol. The zero-order valence-corrected chi connectivity index (χ0v) is 12.1. The molecule has 1 saturated carbocycles. The van der Waals surface area contributed by atoms with Crippen molar-refractivity contribution in [3.63, 3.8) is 0 Å². The van der Waals surface area contributed by atoms with Crippen LogP contribution >= 0.6 is 0 Å². The van der Waals surface area contributed by atoms with Gasteiger partial charge in [-0.2, -0.15) is 0 Å². The summed E-state index contributed by atoms with van der Waals surface area (Å²) in [5, 5.41) is 5.89. The molecule has 2 N–H and O–H groups in total. The smallest absolute Gasteiger partial charge is 0.253 e. The van der Waals surface area contributed by atoms with Crippen LogP contribution in [0.1, 0.15) is 46.0 Å². The molecule has 2 aliphatic heterocycles. The van der Waals surface area contributed by atoms with Crippen molar-refractivity contribution in [1.82, 2.24) is 10.6 Å². The van der Waals surface area contributed by atoms with Crippen LogP contribution in [-0.2, 0) is 9.59 Å². The summed E-state index contributed by atoms with van der Waals surface area (Å²) in [6.45, 7) is 4.59. The van der Waals surface area contributed by atoms with Gasteiger partial charge in [0.1, 0.15) is 0 Å². The molecule has 0 radical (unpaired) electrons. The maximum absolute atomic E-state index is 12.3. The largest absolute Gasteiger partial charge is 0.356 e. The molecule has 5 nitrogen and oxygen atoms in total. The highest BCUT2D eigenvalue weighted by Gasteiger charge is 2.54. The minimum atomic E-state index is -0.230. The first-order chi connectivity index (χ1) is 9.55. The van der Waals surface area contributed by atoms with Crippen LogP contribution in [0, 0.1) is 0 Å². The van der Waals surface area contributed by atoms with E-state index in [-0.39, 0.29) is 23.4 Å². The van der Waals surface area contributed by atoms with E-state index in [0.29, 0.717) is 18.5 Å². The third-order valence-electron chi connectivity index (χ3n) is 4.38. The molecule has 1 atom stereocenters. The Morgan fingerprint density at radius 1 is 1.50 bits per heavy atom. The zero-order valence-electron chi connectivity index (χ0n) is 12.1. The monoisotopic (exact) mass is 275 g/mol. The van der Waals surface area contributed by atoms with Gasteiger partial charge in [0, 0.05) is 18.3 Å². The molecule has 0 bridgehead atoms. The molecule has 2 heterocycles. The fourth-order valence-corrected chi connectivity index (χ4v) is 3.20. The lowest BCUT2D eigenvalue weighted by Gasteiger charge is -2.13. The molecule has 2 amide bonds. The van der Waals surface area contributed by atoms with Crippen LogP contribution in [0.5, 0.6) is 0 Å². The molecule has 108 valence electrons. The molecule has 1 spiro atoms. The highest BCUT2D eigenvalue weighted by Crippen LogP contribution is 2.49. The number of nitrogens with one attached hydrogen (secondary N) is 2. The predicted octanol–water partition coefficient (Wildman–Crippen LogP) is 1.09. The van der Waals surface area contributed by atoms with Crippen molar-refractivity contribution in [2.75, 3.05) is 6.54 Å². The van der Waals surface area contributed by atoms with Gasteiger partial charge in [0.2, 0.25) is 5.91 Å². The van der Waals surface area contributed by atoms with Crippen LogP contribution in [0.15, 0.2) is 16.1 Å². The lowest BCUT2D eigenvalue weighted by Crippen LogP contribution is -2.32. The van der Waals surface area contributed by atoms with E-state index < -0.39 is 0 Å². The average Bonchev–Trinajstić information content (AvgIpc) is 2.95. The molecule has 0 unspecified atom stereocenters. The summed E-state index contributed by atoms with van der Waals surface area (Å²) in [7, 11) is 0. The van der Waals surface area contributed by atoms with Gasteiger partial charge < -0.3 is 10.6 Å². The van der Waals surface area contributed by atoms with Crippen LogP contribution < -0.4 is 10.6 Å². The van der Waals surface area contributed by atoms with Crippen molar-refractivity contribution in [3.8, 4) is 0 Å². The van der Waals surface area contributed by atoms with Crippen LogP contribution in [0.3, 0.4) is 0 Å². The molecule has 0 saturated heterocycles. The molecule has 3 rings (SSSR count). The third-order valence-corrected chi connectivity index (χ3v) is 4.38. The van der Waals surface area contributed by atoms with E-state index in [2.05, 4.69) is 22.5 Å². The molecule has 5 heteroatoms. The van der Waals surface area contributed by atoms with Gasteiger partial charge in [0.15, 0.2) is 0 Å². The lowest BCUT2D eigenvalue weighted by atomic mass is 9.95. The van der Waals surface area contributed by atoms with Gasteiger partial charge in [0.05, 0.1) is 17.5 Å². The molecule has 0 aromatic rings. The van der Waals surface area contributed by atoms with E-state index in [1.807, 2.05) is 6.92 Å². The van der Waals surface area contributed by atoms with E-state index in [9.17, 15) is 9.59 Å². The Labute approximate surface area is 118 Å². The molecule has 0 aromatic heterocycles.